The summed E-state index contributed by atoms with van der Waals surface area (Å²) in [5.41, 5.74) is 13.7. The fourth-order valence-electron chi connectivity index (χ4n) is 3.46. The molecular weight excluding hydrogens is 543 g/mol. The number of nitrogens with two attached hydrogens (primary N) is 2. The molecule has 0 saturated heterocycles. The van der Waals surface area contributed by atoms with Crippen LogP contribution in [0.25, 0.3) is 0 Å². The summed E-state index contributed by atoms with van der Waals surface area (Å²) < 4.78 is 5.42. The van der Waals surface area contributed by atoms with Crippen LogP contribution in [0.15, 0.2) is 77.8 Å². The maximum atomic E-state index is 12.4. The fraction of sp³-hybridized carbons (Fsp3) is 0.214. The molecule has 1 amide bonds. The van der Waals surface area contributed by atoms with E-state index in [2.05, 4.69) is 22.4 Å². The third-order valence-corrected chi connectivity index (χ3v) is 5.63. The number of benzene rings is 3. The SMILES string of the molecule is Cl.NC(N)=Nc1ccc(C(=O)Oc2ccc(CCCCC(=O)NCCc3ccccc3)c(Cl)c2)cc1.O=C=O. The normalized spacial score (nSPS) is 9.56. The number of unbranched alkanes of at least 4 members (excludes halogenated alkanes) is 1. The minimum absolute atomic E-state index is 0. The van der Waals surface area contributed by atoms with Crippen LogP contribution >= 0.6 is 24.0 Å². The van der Waals surface area contributed by atoms with E-state index in [9.17, 15) is 9.59 Å². The first-order valence-corrected chi connectivity index (χ1v) is 12.2. The molecule has 0 saturated carbocycles. The molecule has 0 aliphatic carbocycles. The number of aryl methyl sites for hydroxylation is 1. The predicted molar refractivity (Wildman–Crippen MR) is 151 cm³/mol. The minimum atomic E-state index is -0.511. The first-order valence-electron chi connectivity index (χ1n) is 11.8. The highest BCUT2D eigenvalue weighted by molar-refractivity contribution is 6.31. The monoisotopic (exact) mass is 572 g/mol. The van der Waals surface area contributed by atoms with Crippen molar-refractivity contribution in [3.63, 3.8) is 0 Å². The van der Waals surface area contributed by atoms with E-state index in [1.807, 2.05) is 24.3 Å². The molecule has 0 heterocycles. The van der Waals surface area contributed by atoms with Crippen molar-refractivity contribution >= 4 is 53.7 Å². The molecular formula is C28H30Cl2N4O5. The molecule has 5 N–H and O–H groups in total. The number of hydrogen-bond acceptors (Lipinski definition) is 6. The molecule has 0 aliphatic heterocycles. The number of hydrogen-bond donors (Lipinski definition) is 3. The van der Waals surface area contributed by atoms with Crippen LogP contribution in [0.3, 0.4) is 0 Å². The molecule has 9 nitrogen and oxygen atoms in total. The van der Waals surface area contributed by atoms with E-state index in [1.165, 1.54) is 5.56 Å². The van der Waals surface area contributed by atoms with Gasteiger partial charge in [0.1, 0.15) is 5.75 Å². The first-order chi connectivity index (χ1) is 18.3. The molecule has 0 atom stereocenters. The number of aliphatic imine (C=N–C) groups is 1. The quantitative estimate of drug-likeness (QED) is 0.101. The molecule has 0 bridgehead atoms. The molecule has 11 heteroatoms. The zero-order valence-corrected chi connectivity index (χ0v) is 22.7. The van der Waals surface area contributed by atoms with Crippen LogP contribution in [0.1, 0.15) is 40.7 Å². The van der Waals surface area contributed by atoms with Gasteiger partial charge in [0.25, 0.3) is 0 Å². The average Bonchev–Trinajstić information content (AvgIpc) is 2.89. The zero-order valence-electron chi connectivity index (χ0n) is 21.1. The second-order valence-electron chi connectivity index (χ2n) is 8.10. The number of rotatable bonds is 11. The molecule has 3 aromatic carbocycles. The Bertz CT molecular complexity index is 1260. The van der Waals surface area contributed by atoms with Gasteiger partial charge in [0.15, 0.2) is 5.96 Å². The smallest absolute Gasteiger partial charge is 0.373 e. The molecule has 0 spiro atoms. The lowest BCUT2D eigenvalue weighted by Gasteiger charge is -2.09. The van der Waals surface area contributed by atoms with E-state index >= 15 is 0 Å². The van der Waals surface area contributed by atoms with Crippen molar-refractivity contribution in [1.29, 1.82) is 0 Å². The number of nitrogens with zero attached hydrogens (tertiary/aromatic N) is 1. The second-order valence-corrected chi connectivity index (χ2v) is 8.51. The van der Waals surface area contributed by atoms with Crippen molar-refractivity contribution in [3.05, 3.63) is 94.5 Å². The van der Waals surface area contributed by atoms with Gasteiger partial charge in [-0.25, -0.2) is 9.79 Å². The van der Waals surface area contributed by atoms with Crippen LogP contribution in [0.5, 0.6) is 5.75 Å². The Morgan fingerprint density at radius 2 is 1.59 bits per heavy atom. The Balaban J connectivity index is 0.00000181. The van der Waals surface area contributed by atoms with Crippen LogP contribution in [0, 0.1) is 0 Å². The van der Waals surface area contributed by atoms with Crippen molar-refractivity contribution in [3.8, 4) is 5.75 Å². The number of esters is 1. The standard InChI is InChI=1S/C27H29ClN4O3.CO2.ClH/c28-24-18-23(35-26(34)21-10-13-22(14-11-21)32-27(29)30)15-12-20(24)8-4-5-9-25(33)31-17-16-19-6-2-1-3-7-19;2-1-3;/h1-3,6-7,10-15,18H,4-5,8-9,16-17H2,(H,31,33)(H4,29,30,32);;1H. The van der Waals surface area contributed by atoms with Crippen molar-refractivity contribution in [2.45, 2.75) is 32.1 Å². The number of guanidine groups is 1. The number of halogens is 2. The highest BCUT2D eigenvalue weighted by Crippen LogP contribution is 2.25. The summed E-state index contributed by atoms with van der Waals surface area (Å²) in [7, 11) is 0. The molecule has 3 aromatic rings. The Morgan fingerprint density at radius 1 is 0.923 bits per heavy atom. The summed E-state index contributed by atoms with van der Waals surface area (Å²) in [4.78, 5) is 44.6. The number of nitrogens with one attached hydrogen (secondary N) is 1. The number of ether oxygens (including phenoxy) is 1. The maximum Gasteiger partial charge on any atom is 0.373 e. The van der Waals surface area contributed by atoms with Crippen molar-refractivity contribution in [2.75, 3.05) is 6.54 Å². The van der Waals surface area contributed by atoms with E-state index in [4.69, 9.17) is 37.4 Å². The lowest BCUT2D eigenvalue weighted by molar-refractivity contribution is -0.191. The number of amides is 1. The van der Waals surface area contributed by atoms with Gasteiger partial charge in [0.05, 0.1) is 11.3 Å². The molecule has 0 fully saturated rings. The van der Waals surface area contributed by atoms with Crippen LogP contribution in [0.4, 0.5) is 5.69 Å². The lowest BCUT2D eigenvalue weighted by atomic mass is 10.1. The Kier molecular flexibility index (Phi) is 15.3. The van der Waals surface area contributed by atoms with Gasteiger partial charge in [0.2, 0.25) is 5.91 Å². The van der Waals surface area contributed by atoms with Gasteiger partial charge in [-0.2, -0.15) is 9.59 Å². The second kappa shape index (κ2) is 18.1. The van der Waals surface area contributed by atoms with Gasteiger partial charge in [-0.05, 0) is 73.2 Å². The van der Waals surface area contributed by atoms with Gasteiger partial charge in [-0.1, -0.05) is 48.0 Å². The van der Waals surface area contributed by atoms with Gasteiger partial charge >= 0.3 is 12.1 Å². The van der Waals surface area contributed by atoms with E-state index in [0.717, 1.165) is 31.2 Å². The molecule has 0 aliphatic rings. The predicted octanol–water partition coefficient (Wildman–Crippen LogP) is 4.37. The third kappa shape index (κ3) is 12.8. The Labute approximate surface area is 238 Å². The van der Waals surface area contributed by atoms with Crippen LogP contribution in [-0.2, 0) is 27.2 Å². The summed E-state index contributed by atoms with van der Waals surface area (Å²) in [6.45, 7) is 0.634. The van der Waals surface area contributed by atoms with Gasteiger partial charge in [-0.3, -0.25) is 4.79 Å². The summed E-state index contributed by atoms with van der Waals surface area (Å²) in [6, 6.07) is 21.6. The fourth-order valence-corrected chi connectivity index (χ4v) is 3.73. The van der Waals surface area contributed by atoms with Gasteiger partial charge in [-0.15, -0.1) is 12.4 Å². The topological polar surface area (TPSA) is 154 Å². The third-order valence-electron chi connectivity index (χ3n) is 5.27. The van der Waals surface area contributed by atoms with E-state index in [0.29, 0.717) is 35.0 Å². The van der Waals surface area contributed by atoms with Crippen LogP contribution in [-0.4, -0.2) is 30.5 Å². The van der Waals surface area contributed by atoms with E-state index in [1.54, 1.807) is 36.4 Å². The average molecular weight is 573 g/mol. The van der Waals surface area contributed by atoms with Crippen LogP contribution < -0.4 is 21.5 Å². The van der Waals surface area contributed by atoms with Gasteiger partial charge < -0.3 is 21.5 Å². The highest BCUT2D eigenvalue weighted by atomic mass is 35.5. The van der Waals surface area contributed by atoms with E-state index in [-0.39, 0.29) is 30.4 Å². The van der Waals surface area contributed by atoms with Gasteiger partial charge in [0, 0.05) is 18.0 Å². The number of carbonyl (C=O) groups excluding carboxylic acids is 4. The largest absolute Gasteiger partial charge is 0.423 e. The molecule has 0 aromatic heterocycles. The molecule has 206 valence electrons. The Morgan fingerprint density at radius 3 is 2.21 bits per heavy atom. The van der Waals surface area contributed by atoms with Crippen LogP contribution in [0.2, 0.25) is 5.02 Å². The summed E-state index contributed by atoms with van der Waals surface area (Å²) in [6.07, 6.45) is 3.87. The zero-order chi connectivity index (χ0) is 27.8. The van der Waals surface area contributed by atoms with Crippen molar-refractivity contribution in [1.82, 2.24) is 5.32 Å². The van der Waals surface area contributed by atoms with Crippen molar-refractivity contribution < 1.29 is 23.9 Å². The summed E-state index contributed by atoms with van der Waals surface area (Å²) >= 11 is 6.39. The molecule has 39 heavy (non-hydrogen) atoms. The van der Waals surface area contributed by atoms with Crippen molar-refractivity contribution in [2.24, 2.45) is 16.5 Å². The molecule has 3 rings (SSSR count). The highest BCUT2D eigenvalue weighted by Gasteiger charge is 2.11. The minimum Gasteiger partial charge on any atom is -0.423 e. The van der Waals surface area contributed by atoms with E-state index < -0.39 is 5.97 Å². The lowest BCUT2D eigenvalue weighted by Crippen LogP contribution is -2.25. The number of carbonyl (C=O) groups is 2. The summed E-state index contributed by atoms with van der Waals surface area (Å²) in [5, 5.41) is 3.48. The first kappa shape index (κ1) is 32.9. The molecule has 0 unspecified atom stereocenters. The molecule has 0 radical (unpaired) electrons. The Hall–Kier alpha value is -4.17. The maximum absolute atomic E-state index is 12.4. The summed E-state index contributed by atoms with van der Waals surface area (Å²) in [5.74, 6) is -0.157.